The molecule has 16 heteroatoms. The minimum atomic E-state index is -2.92. The molecule has 1 aliphatic heterocycles. The van der Waals surface area contributed by atoms with Crippen LogP contribution in [0.25, 0.3) is 5.76 Å². The molecule has 1 aromatic rings. The average Bonchev–Trinajstić information content (AvgIpc) is 2.93. The monoisotopic (exact) mass is 620 g/mol. The Bertz CT molecular complexity index is 1530. The number of likely N-dealkylation sites (N-methyl/N-ethyl adjacent to an activating group) is 1. The van der Waals surface area contributed by atoms with E-state index < -0.39 is 106 Å². The molecule has 0 spiro atoms. The Balaban J connectivity index is 1.67. The molecule has 10 atom stereocenters. The Hall–Kier alpha value is -3.90. The van der Waals surface area contributed by atoms with E-state index >= 15 is 0 Å². The summed E-state index contributed by atoms with van der Waals surface area (Å²) in [4.78, 5) is 52.4. The average molecular weight is 621 g/mol. The van der Waals surface area contributed by atoms with E-state index in [2.05, 4.69) is 0 Å². The molecule has 5 unspecified atom stereocenters. The molecule has 0 bridgehead atoms. The van der Waals surface area contributed by atoms with Crippen molar-refractivity contribution in [3.05, 3.63) is 46.2 Å². The highest BCUT2D eigenvalue weighted by Gasteiger charge is 2.66. The van der Waals surface area contributed by atoms with Gasteiger partial charge in [0.2, 0.25) is 12.1 Å². The zero-order chi connectivity index (χ0) is 32.8. The Morgan fingerprint density at radius 2 is 1.70 bits per heavy atom. The molecule has 0 radical (unpaired) electrons. The first-order valence-corrected chi connectivity index (χ1v) is 13.5. The van der Waals surface area contributed by atoms with Crippen LogP contribution < -0.4 is 10.5 Å². The number of fused-ring (bicyclic) bond motifs is 3. The first kappa shape index (κ1) is 31.5. The van der Waals surface area contributed by atoms with Gasteiger partial charge in [-0.3, -0.25) is 19.3 Å². The molecule has 16 nitrogen and oxygen atoms in total. The second kappa shape index (κ2) is 10.3. The fraction of sp³-hybridized carbons (Fsp3) is 0.500. The van der Waals surface area contributed by atoms with Crippen molar-refractivity contribution in [2.45, 2.75) is 61.3 Å². The molecular formula is C28H32N2O14. The van der Waals surface area contributed by atoms with Gasteiger partial charge in [-0.1, -0.05) is 12.1 Å². The van der Waals surface area contributed by atoms with Crippen LogP contribution in [0.5, 0.6) is 5.75 Å². The van der Waals surface area contributed by atoms with Crippen LogP contribution in [0.4, 0.5) is 0 Å². The van der Waals surface area contributed by atoms with Crippen molar-refractivity contribution in [2.75, 3.05) is 14.1 Å². The Morgan fingerprint density at radius 1 is 1.07 bits per heavy atom. The standard InChI is InChI=1S/C28H32N2O14/c1-27(41)8-5-4-6-11(43-26-20(35)18(33)19(34)21(44-26)25(39)40)12(8)16(31)13-9(27)7-10-15(30(2)3)17(32)14(24(29)38)23(37)28(10,42)22(13)36/h4-6,9-10,15,18-21,26,31,33-35,37,41-42H,7H2,1-3H3,(H2,29,38)(H,39,40)/t9-,10-,15-,18?,19?,20?,21?,26?,27+,28-/m0/s1. The molecular weight excluding hydrogens is 588 g/mol. The Kier molecular flexibility index (Phi) is 7.41. The Labute approximate surface area is 248 Å². The maximum atomic E-state index is 14.1. The number of carboxylic acids is 1. The minimum absolute atomic E-state index is 0.0127. The van der Waals surface area contributed by atoms with Crippen LogP contribution in [-0.2, 0) is 29.5 Å². The van der Waals surface area contributed by atoms with Gasteiger partial charge in [-0.2, -0.15) is 0 Å². The van der Waals surface area contributed by atoms with Gasteiger partial charge in [-0.25, -0.2) is 4.79 Å². The molecule has 2 fully saturated rings. The van der Waals surface area contributed by atoms with Crippen molar-refractivity contribution in [3.63, 3.8) is 0 Å². The van der Waals surface area contributed by atoms with Crippen LogP contribution >= 0.6 is 0 Å². The van der Waals surface area contributed by atoms with E-state index in [1.54, 1.807) is 0 Å². The number of ketones is 2. The molecule has 238 valence electrons. The normalized spacial score (nSPS) is 38.7. The van der Waals surface area contributed by atoms with Crippen LogP contribution in [0.15, 0.2) is 35.1 Å². The molecule has 0 aromatic heterocycles. The molecule has 1 aromatic carbocycles. The van der Waals surface area contributed by atoms with Crippen molar-refractivity contribution in [1.29, 1.82) is 0 Å². The molecule has 3 aliphatic carbocycles. The summed E-state index contributed by atoms with van der Waals surface area (Å²) in [5.74, 6) is -10.5. The fourth-order valence-corrected chi connectivity index (χ4v) is 6.86. The fourth-order valence-electron chi connectivity index (χ4n) is 6.86. The number of nitrogens with zero attached hydrogens (tertiary/aromatic N) is 1. The van der Waals surface area contributed by atoms with Crippen LogP contribution in [0.2, 0.25) is 0 Å². The third-order valence-electron chi connectivity index (χ3n) is 9.06. The van der Waals surface area contributed by atoms with Crippen molar-refractivity contribution in [1.82, 2.24) is 4.90 Å². The second-order valence-corrected chi connectivity index (χ2v) is 11.8. The van der Waals surface area contributed by atoms with Gasteiger partial charge in [-0.05, 0) is 39.1 Å². The number of hydrogen-bond acceptors (Lipinski definition) is 14. The lowest BCUT2D eigenvalue weighted by atomic mass is 9.54. The zero-order valence-electron chi connectivity index (χ0n) is 23.6. The van der Waals surface area contributed by atoms with E-state index in [1.165, 1.54) is 44.1 Å². The largest absolute Gasteiger partial charge is 0.508 e. The van der Waals surface area contributed by atoms with E-state index in [0.29, 0.717) is 0 Å². The summed E-state index contributed by atoms with van der Waals surface area (Å²) in [6.45, 7) is 1.30. The van der Waals surface area contributed by atoms with Crippen molar-refractivity contribution in [3.8, 4) is 5.75 Å². The lowest BCUT2D eigenvalue weighted by Gasteiger charge is -2.53. The number of aliphatic hydroxyl groups excluding tert-OH is 5. The maximum absolute atomic E-state index is 14.1. The van der Waals surface area contributed by atoms with Gasteiger partial charge in [0, 0.05) is 17.4 Å². The lowest BCUT2D eigenvalue weighted by Crippen LogP contribution is -2.67. The van der Waals surface area contributed by atoms with E-state index in [4.69, 9.17) is 15.2 Å². The van der Waals surface area contributed by atoms with Crippen molar-refractivity contribution >= 4 is 29.2 Å². The van der Waals surface area contributed by atoms with Gasteiger partial charge in [0.25, 0.3) is 5.91 Å². The molecule has 5 rings (SSSR count). The number of aliphatic hydroxyl groups is 7. The summed E-state index contributed by atoms with van der Waals surface area (Å²) in [6.07, 6.45) is -10.3. The molecule has 1 amide bonds. The lowest BCUT2D eigenvalue weighted by molar-refractivity contribution is -0.271. The number of aliphatic carboxylic acids is 1. The smallest absolute Gasteiger partial charge is 0.335 e. The number of amides is 1. The third kappa shape index (κ3) is 4.17. The number of primary amides is 1. The minimum Gasteiger partial charge on any atom is -0.508 e. The summed E-state index contributed by atoms with van der Waals surface area (Å²) >= 11 is 0. The molecule has 44 heavy (non-hydrogen) atoms. The summed E-state index contributed by atoms with van der Waals surface area (Å²) in [7, 11) is 2.89. The van der Waals surface area contributed by atoms with Gasteiger partial charge in [0.05, 0.1) is 17.2 Å². The highest BCUT2D eigenvalue weighted by Crippen LogP contribution is 2.57. The number of nitrogens with two attached hydrogens (primary N) is 1. The van der Waals surface area contributed by atoms with E-state index in [0.717, 1.165) is 0 Å². The molecule has 10 N–H and O–H groups in total. The molecule has 4 aliphatic rings. The number of hydrogen-bond donors (Lipinski definition) is 9. The van der Waals surface area contributed by atoms with Gasteiger partial charge in [0.15, 0.2) is 17.5 Å². The van der Waals surface area contributed by atoms with Crippen molar-refractivity contribution in [2.24, 2.45) is 17.6 Å². The van der Waals surface area contributed by atoms with Crippen LogP contribution in [-0.4, -0.2) is 126 Å². The van der Waals surface area contributed by atoms with E-state index in [1.807, 2.05) is 0 Å². The van der Waals surface area contributed by atoms with E-state index in [-0.39, 0.29) is 23.3 Å². The number of carboxylic acid groups (broad SMARTS) is 1. The van der Waals surface area contributed by atoms with Gasteiger partial charge in [0.1, 0.15) is 41.2 Å². The first-order chi connectivity index (χ1) is 20.4. The number of ether oxygens (including phenoxy) is 2. The third-order valence-corrected chi connectivity index (χ3v) is 9.06. The first-order valence-electron chi connectivity index (χ1n) is 13.5. The predicted octanol–water partition coefficient (Wildman–Crippen LogP) is -2.81. The number of benzene rings is 1. The summed E-state index contributed by atoms with van der Waals surface area (Å²) < 4.78 is 10.8. The highest BCUT2D eigenvalue weighted by molar-refractivity contribution is 6.24. The second-order valence-electron chi connectivity index (χ2n) is 11.8. The molecule has 1 saturated heterocycles. The Morgan fingerprint density at radius 3 is 2.27 bits per heavy atom. The summed E-state index contributed by atoms with van der Waals surface area (Å²) in [5.41, 5.74) is -1.52. The number of Topliss-reactive ketones (excluding diaryl/α,β-unsaturated/α-hetero) is 2. The summed E-state index contributed by atoms with van der Waals surface area (Å²) in [6, 6.07) is 2.63. The van der Waals surface area contributed by atoms with Gasteiger partial charge < -0.3 is 56.1 Å². The quantitative estimate of drug-likeness (QED) is 0.150. The SMILES string of the molecule is CN(C)[C@@H]1C(=O)C(C(N)=O)=C(O)[C@@]2(O)C(=O)C3=C(O)c4c(OC5OC(C(=O)O)C(O)C(O)C5O)cccc4[C@@](C)(O)[C@H]3C[C@@H]12. The predicted molar refractivity (Wildman–Crippen MR) is 143 cm³/mol. The van der Waals surface area contributed by atoms with Gasteiger partial charge >= 0.3 is 5.97 Å². The number of carbonyl (C=O) groups excluding carboxylic acids is 3. The summed E-state index contributed by atoms with van der Waals surface area (Å²) in [5, 5.41) is 86.3. The topological polar surface area (TPSA) is 278 Å². The van der Waals surface area contributed by atoms with Gasteiger partial charge in [-0.15, -0.1) is 0 Å². The molecule has 1 heterocycles. The maximum Gasteiger partial charge on any atom is 0.335 e. The molecule has 1 saturated carbocycles. The number of carbonyl (C=O) groups is 4. The zero-order valence-corrected chi connectivity index (χ0v) is 23.6. The van der Waals surface area contributed by atoms with Crippen LogP contribution in [0.1, 0.15) is 24.5 Å². The number of rotatable bonds is 5. The van der Waals surface area contributed by atoms with E-state index in [9.17, 15) is 60.0 Å². The van der Waals surface area contributed by atoms with Crippen molar-refractivity contribution < 1.29 is 69.5 Å². The highest BCUT2D eigenvalue weighted by atomic mass is 16.7. The van der Waals surface area contributed by atoms with Crippen LogP contribution in [0, 0.1) is 11.8 Å². The van der Waals surface area contributed by atoms with Crippen LogP contribution in [0.3, 0.4) is 0 Å².